The third kappa shape index (κ3) is 7.32. The highest BCUT2D eigenvalue weighted by Crippen LogP contribution is 2.29. The van der Waals surface area contributed by atoms with Crippen LogP contribution in [0.4, 0.5) is 8.78 Å². The minimum atomic E-state index is -3.03. The molecule has 0 aliphatic heterocycles. The van der Waals surface area contributed by atoms with Gasteiger partial charge in [-0.05, 0) is 24.6 Å². The second-order valence-corrected chi connectivity index (χ2v) is 4.94. The van der Waals surface area contributed by atoms with Gasteiger partial charge in [0.15, 0.2) is 18.1 Å². The lowest BCUT2D eigenvalue weighted by molar-refractivity contribution is -0.147. The fraction of sp³-hybridized carbons (Fsp3) is 0.438. The fourth-order valence-electron chi connectivity index (χ4n) is 1.77. The monoisotopic (exact) mass is 374 g/mol. The second-order valence-electron chi connectivity index (χ2n) is 4.94. The van der Waals surface area contributed by atoms with Gasteiger partial charge in [-0.25, -0.2) is 0 Å². The van der Waals surface area contributed by atoms with Crippen LogP contribution in [0.1, 0.15) is 23.7 Å². The molecule has 0 atom stereocenters. The molecule has 0 saturated heterocycles. The van der Waals surface area contributed by atoms with E-state index >= 15 is 0 Å². The van der Waals surface area contributed by atoms with Gasteiger partial charge in [-0.2, -0.15) is 8.78 Å². The van der Waals surface area contributed by atoms with Gasteiger partial charge in [0, 0.05) is 12.1 Å². The summed E-state index contributed by atoms with van der Waals surface area (Å²) in [6.45, 7) is -1.59. The quantitative estimate of drug-likeness (QED) is 0.595. The molecule has 0 aromatic heterocycles. The number of benzene rings is 1. The summed E-state index contributed by atoms with van der Waals surface area (Å²) in [5.74, 6) is -2.18. The summed E-state index contributed by atoms with van der Waals surface area (Å²) in [6.07, 6.45) is 0.750. The Kier molecular flexibility index (Phi) is 8.82. The van der Waals surface area contributed by atoms with Gasteiger partial charge in [0.1, 0.15) is 6.54 Å². The molecule has 0 radical (unpaired) electrons. The molecule has 8 nitrogen and oxygen atoms in total. The molecule has 144 valence electrons. The van der Waals surface area contributed by atoms with E-state index in [1.807, 2.05) is 6.92 Å². The molecular weight excluding hydrogens is 354 g/mol. The number of alkyl halides is 2. The van der Waals surface area contributed by atoms with Gasteiger partial charge < -0.3 is 24.8 Å². The van der Waals surface area contributed by atoms with Crippen LogP contribution < -0.4 is 20.1 Å². The van der Waals surface area contributed by atoms with Crippen LogP contribution in [-0.4, -0.2) is 51.2 Å². The van der Waals surface area contributed by atoms with Gasteiger partial charge >= 0.3 is 12.6 Å². The Bertz CT molecular complexity index is 639. The maximum Gasteiger partial charge on any atom is 0.387 e. The van der Waals surface area contributed by atoms with Gasteiger partial charge in [0.2, 0.25) is 0 Å². The third-order valence-electron chi connectivity index (χ3n) is 2.97. The normalized spacial score (nSPS) is 10.2. The van der Waals surface area contributed by atoms with E-state index < -0.39 is 37.5 Å². The van der Waals surface area contributed by atoms with Crippen molar-refractivity contribution in [2.75, 3.05) is 26.8 Å². The summed E-state index contributed by atoms with van der Waals surface area (Å²) >= 11 is 0. The highest BCUT2D eigenvalue weighted by atomic mass is 19.3. The summed E-state index contributed by atoms with van der Waals surface area (Å²) in [7, 11) is 1.23. The molecule has 0 fully saturated rings. The number of hydrogen-bond donors (Lipinski definition) is 2. The molecular formula is C16H20F2N2O6. The van der Waals surface area contributed by atoms with Crippen LogP contribution in [-0.2, 0) is 14.3 Å². The highest BCUT2D eigenvalue weighted by molar-refractivity contribution is 5.96. The van der Waals surface area contributed by atoms with E-state index in [1.54, 1.807) is 0 Å². The van der Waals surface area contributed by atoms with E-state index in [4.69, 9.17) is 9.47 Å². The molecule has 10 heteroatoms. The summed E-state index contributed by atoms with van der Waals surface area (Å²) in [5.41, 5.74) is 0.0666. The fourth-order valence-corrected chi connectivity index (χ4v) is 1.77. The van der Waals surface area contributed by atoms with Gasteiger partial charge in [-0.1, -0.05) is 6.92 Å². The molecule has 1 aromatic rings. The Morgan fingerprint density at radius 1 is 1.15 bits per heavy atom. The third-order valence-corrected chi connectivity index (χ3v) is 2.97. The molecule has 0 aliphatic rings. The van der Waals surface area contributed by atoms with Crippen LogP contribution in [0.25, 0.3) is 0 Å². The minimum Gasteiger partial charge on any atom is -0.493 e. The lowest BCUT2D eigenvalue weighted by Gasteiger charge is -2.11. The van der Waals surface area contributed by atoms with Gasteiger partial charge in [0.25, 0.3) is 11.8 Å². The molecule has 0 spiro atoms. The average Bonchev–Trinajstić information content (AvgIpc) is 2.62. The Labute approximate surface area is 148 Å². The Balaban J connectivity index is 2.52. The summed E-state index contributed by atoms with van der Waals surface area (Å²) < 4.78 is 38.4. The van der Waals surface area contributed by atoms with Crippen molar-refractivity contribution in [3.63, 3.8) is 0 Å². The number of hydrogen-bond acceptors (Lipinski definition) is 6. The number of ether oxygens (including phenoxy) is 3. The van der Waals surface area contributed by atoms with Crippen LogP contribution in [0.2, 0.25) is 0 Å². The lowest BCUT2D eigenvalue weighted by atomic mass is 10.2. The molecule has 26 heavy (non-hydrogen) atoms. The molecule has 0 unspecified atom stereocenters. The molecule has 2 amide bonds. The molecule has 1 aromatic carbocycles. The lowest BCUT2D eigenvalue weighted by Crippen LogP contribution is -2.34. The first-order valence-electron chi connectivity index (χ1n) is 7.70. The topological polar surface area (TPSA) is 103 Å². The second kappa shape index (κ2) is 10.9. The van der Waals surface area contributed by atoms with Crippen LogP contribution in [0, 0.1) is 0 Å². The number of nitrogens with one attached hydrogen (secondary N) is 2. The Hall–Kier alpha value is -2.91. The summed E-state index contributed by atoms with van der Waals surface area (Å²) in [5, 5.41) is 4.81. The van der Waals surface area contributed by atoms with Crippen molar-refractivity contribution in [2.45, 2.75) is 20.0 Å². The molecule has 0 aliphatic carbocycles. The molecule has 0 heterocycles. The Morgan fingerprint density at radius 3 is 2.50 bits per heavy atom. The number of carbonyl (C=O) groups excluding carboxylic acids is 3. The van der Waals surface area contributed by atoms with Crippen molar-refractivity contribution in [1.82, 2.24) is 10.6 Å². The molecule has 2 N–H and O–H groups in total. The van der Waals surface area contributed by atoms with Crippen molar-refractivity contribution in [3.8, 4) is 11.5 Å². The summed E-state index contributed by atoms with van der Waals surface area (Å²) in [4.78, 5) is 34.8. The largest absolute Gasteiger partial charge is 0.493 e. The highest BCUT2D eigenvalue weighted by Gasteiger charge is 2.15. The van der Waals surface area contributed by atoms with Gasteiger partial charge in [-0.15, -0.1) is 0 Å². The zero-order valence-electron chi connectivity index (χ0n) is 14.3. The minimum absolute atomic E-state index is 0.0619. The number of methoxy groups -OCH3 is 1. The number of rotatable bonds is 10. The van der Waals surface area contributed by atoms with Crippen LogP contribution in [0.15, 0.2) is 18.2 Å². The molecule has 0 saturated carbocycles. The van der Waals surface area contributed by atoms with E-state index in [9.17, 15) is 23.2 Å². The maximum atomic E-state index is 12.3. The van der Waals surface area contributed by atoms with E-state index in [2.05, 4.69) is 15.4 Å². The SMILES string of the molecule is CCCNC(=O)COC(=O)CNC(=O)c1ccc(OC(F)F)c(OC)c1. The summed E-state index contributed by atoms with van der Waals surface area (Å²) in [6, 6.07) is 3.58. The molecule has 1 rings (SSSR count). The predicted octanol–water partition coefficient (Wildman–Crippen LogP) is 1.10. The van der Waals surface area contributed by atoms with Crippen molar-refractivity contribution >= 4 is 17.8 Å². The number of halogens is 2. The van der Waals surface area contributed by atoms with E-state index in [1.165, 1.54) is 19.2 Å². The standard InChI is InChI=1S/C16H20F2N2O6/c1-3-6-19-13(21)9-25-14(22)8-20-15(23)10-4-5-11(26-16(17)18)12(7-10)24-2/h4-5,7,16H,3,6,8-9H2,1-2H3,(H,19,21)(H,20,23). The first kappa shape index (κ1) is 21.1. The van der Waals surface area contributed by atoms with Crippen LogP contribution >= 0.6 is 0 Å². The number of esters is 1. The number of amides is 2. The first-order chi connectivity index (χ1) is 12.4. The zero-order chi connectivity index (χ0) is 19.5. The smallest absolute Gasteiger partial charge is 0.387 e. The van der Waals surface area contributed by atoms with Gasteiger partial charge in [-0.3, -0.25) is 14.4 Å². The Morgan fingerprint density at radius 2 is 1.88 bits per heavy atom. The van der Waals surface area contributed by atoms with Gasteiger partial charge in [0.05, 0.1) is 7.11 Å². The zero-order valence-corrected chi connectivity index (χ0v) is 14.3. The average molecular weight is 374 g/mol. The van der Waals surface area contributed by atoms with E-state index in [-0.39, 0.29) is 17.1 Å². The van der Waals surface area contributed by atoms with Crippen LogP contribution in [0.5, 0.6) is 11.5 Å². The van der Waals surface area contributed by atoms with Crippen molar-refractivity contribution in [1.29, 1.82) is 0 Å². The van der Waals surface area contributed by atoms with E-state index in [0.717, 1.165) is 12.5 Å². The van der Waals surface area contributed by atoms with E-state index in [0.29, 0.717) is 6.54 Å². The molecule has 0 bridgehead atoms. The first-order valence-corrected chi connectivity index (χ1v) is 7.70. The van der Waals surface area contributed by atoms with Crippen molar-refractivity contribution < 1.29 is 37.4 Å². The maximum absolute atomic E-state index is 12.3. The van der Waals surface area contributed by atoms with Crippen molar-refractivity contribution in [3.05, 3.63) is 23.8 Å². The van der Waals surface area contributed by atoms with Crippen LogP contribution in [0.3, 0.4) is 0 Å². The number of carbonyl (C=O) groups is 3. The van der Waals surface area contributed by atoms with Crippen molar-refractivity contribution in [2.24, 2.45) is 0 Å². The predicted molar refractivity (Wildman–Crippen MR) is 86.2 cm³/mol.